The normalized spacial score (nSPS) is 13.7. The first kappa shape index (κ1) is 15.5. The monoisotopic (exact) mass is 329 g/mol. The number of allylic oxidation sites excluding steroid dienone is 3. The first-order valence-corrected chi connectivity index (χ1v) is 7.48. The van der Waals surface area contributed by atoms with Crippen LogP contribution in [0.3, 0.4) is 0 Å². The van der Waals surface area contributed by atoms with Crippen molar-refractivity contribution in [2.24, 2.45) is 0 Å². The molecule has 1 nitrogen and oxygen atoms in total. The Kier molecular flexibility index (Phi) is 4.30. The summed E-state index contributed by atoms with van der Waals surface area (Å²) in [6.45, 7) is 3.86. The van der Waals surface area contributed by atoms with Crippen LogP contribution in [-0.2, 0) is 6.42 Å². The summed E-state index contributed by atoms with van der Waals surface area (Å²) >= 11 is 6.08. The molecule has 0 radical (unpaired) electrons. The molecule has 0 bridgehead atoms. The van der Waals surface area contributed by atoms with Gasteiger partial charge in [-0.1, -0.05) is 30.3 Å². The van der Waals surface area contributed by atoms with Gasteiger partial charge in [0.1, 0.15) is 11.6 Å². The van der Waals surface area contributed by atoms with E-state index in [-0.39, 0.29) is 12.0 Å². The van der Waals surface area contributed by atoms with Crippen LogP contribution in [-0.4, -0.2) is 0 Å². The zero-order chi connectivity index (χ0) is 16.4. The van der Waals surface area contributed by atoms with Gasteiger partial charge in [0.05, 0.1) is 0 Å². The molecular weight excluding hydrogens is 316 g/mol. The summed E-state index contributed by atoms with van der Waals surface area (Å²) in [6, 6.07) is 9.22. The van der Waals surface area contributed by atoms with Crippen LogP contribution in [0.5, 0.6) is 0 Å². The Labute approximate surface area is 138 Å². The number of benzene rings is 2. The number of dihydropyridines is 1. The molecule has 0 saturated heterocycles. The molecule has 0 fully saturated rings. The molecule has 0 aromatic heterocycles. The van der Waals surface area contributed by atoms with Crippen LogP contribution in [0.4, 0.5) is 8.78 Å². The van der Waals surface area contributed by atoms with E-state index in [4.69, 9.17) is 11.6 Å². The Morgan fingerprint density at radius 2 is 1.83 bits per heavy atom. The number of nitrogens with one attached hydrogen (secondary N) is 1. The van der Waals surface area contributed by atoms with Crippen molar-refractivity contribution in [2.45, 2.75) is 6.42 Å². The third kappa shape index (κ3) is 3.35. The summed E-state index contributed by atoms with van der Waals surface area (Å²) < 4.78 is 27.9. The maximum atomic E-state index is 13.9. The summed E-state index contributed by atoms with van der Waals surface area (Å²) in [7, 11) is 0. The smallest absolute Gasteiger partial charge is 0.129 e. The van der Waals surface area contributed by atoms with Gasteiger partial charge in [-0.2, -0.15) is 0 Å². The highest BCUT2D eigenvalue weighted by atomic mass is 35.5. The Balaban J connectivity index is 2.07. The minimum Gasteiger partial charge on any atom is -0.362 e. The second-order valence-electron chi connectivity index (χ2n) is 5.28. The lowest BCUT2D eigenvalue weighted by Gasteiger charge is -2.15. The standard InChI is InChI=1S/C19H14ClF2N/c1-12-9-13(7-8-23-12)16-6-5-15(20)10-14(16)11-17-18(21)3-2-4-19(17)22/h2-10,23H,1,11H2. The molecule has 1 aliphatic rings. The van der Waals surface area contributed by atoms with E-state index < -0.39 is 11.6 Å². The van der Waals surface area contributed by atoms with Gasteiger partial charge in [0.15, 0.2) is 0 Å². The number of rotatable bonds is 3. The van der Waals surface area contributed by atoms with Gasteiger partial charge in [-0.25, -0.2) is 8.78 Å². The van der Waals surface area contributed by atoms with Gasteiger partial charge in [0.25, 0.3) is 0 Å². The average molecular weight is 330 g/mol. The average Bonchev–Trinajstić information content (AvgIpc) is 2.51. The Morgan fingerprint density at radius 1 is 1.09 bits per heavy atom. The lowest BCUT2D eigenvalue weighted by Crippen LogP contribution is -2.07. The van der Waals surface area contributed by atoms with Crippen molar-refractivity contribution in [3.63, 3.8) is 0 Å². The van der Waals surface area contributed by atoms with E-state index in [2.05, 4.69) is 11.9 Å². The highest BCUT2D eigenvalue weighted by molar-refractivity contribution is 6.30. The Hall–Kier alpha value is -2.39. The lowest BCUT2D eigenvalue weighted by atomic mass is 9.93. The van der Waals surface area contributed by atoms with E-state index in [1.165, 1.54) is 18.2 Å². The van der Waals surface area contributed by atoms with E-state index in [1.54, 1.807) is 18.3 Å². The van der Waals surface area contributed by atoms with Crippen LogP contribution in [0.15, 0.2) is 67.0 Å². The van der Waals surface area contributed by atoms with E-state index in [0.29, 0.717) is 5.02 Å². The lowest BCUT2D eigenvalue weighted by molar-refractivity contribution is 0.561. The molecule has 2 aromatic rings. The van der Waals surface area contributed by atoms with Gasteiger partial charge in [-0.15, -0.1) is 0 Å². The van der Waals surface area contributed by atoms with Gasteiger partial charge >= 0.3 is 0 Å². The van der Waals surface area contributed by atoms with Crippen LogP contribution in [0, 0.1) is 11.6 Å². The molecule has 0 spiro atoms. The minimum absolute atomic E-state index is 0.0355. The van der Waals surface area contributed by atoms with Crippen molar-refractivity contribution in [1.29, 1.82) is 0 Å². The van der Waals surface area contributed by atoms with Gasteiger partial charge < -0.3 is 5.32 Å². The van der Waals surface area contributed by atoms with E-state index in [1.807, 2.05) is 18.2 Å². The van der Waals surface area contributed by atoms with E-state index >= 15 is 0 Å². The summed E-state index contributed by atoms with van der Waals surface area (Å²) in [5, 5.41) is 3.51. The van der Waals surface area contributed by atoms with Crippen molar-refractivity contribution >= 4 is 17.2 Å². The summed E-state index contributed by atoms with van der Waals surface area (Å²) in [5.41, 5.74) is 3.33. The molecule has 4 heteroatoms. The predicted molar refractivity (Wildman–Crippen MR) is 90.0 cm³/mol. The molecule has 23 heavy (non-hydrogen) atoms. The third-order valence-corrected chi connectivity index (χ3v) is 3.90. The molecule has 3 rings (SSSR count). The van der Waals surface area contributed by atoms with E-state index in [0.717, 1.165) is 22.4 Å². The summed E-state index contributed by atoms with van der Waals surface area (Å²) in [6.07, 6.45) is 5.67. The molecule has 116 valence electrons. The Morgan fingerprint density at radius 3 is 2.52 bits per heavy atom. The van der Waals surface area contributed by atoms with Crippen molar-refractivity contribution < 1.29 is 8.78 Å². The largest absolute Gasteiger partial charge is 0.362 e. The molecule has 1 heterocycles. The quantitative estimate of drug-likeness (QED) is 0.813. The molecule has 0 atom stereocenters. The van der Waals surface area contributed by atoms with Crippen LogP contribution >= 0.6 is 11.6 Å². The SMILES string of the molecule is C=C1C=C(c2ccc(Cl)cc2Cc2c(F)cccc2F)C=CN1. The Bertz CT molecular complexity index is 817. The van der Waals surface area contributed by atoms with Gasteiger partial charge in [-0.05, 0) is 53.1 Å². The molecular formula is C19H14ClF2N. The fraction of sp³-hybridized carbons (Fsp3) is 0.0526. The number of hydrogen-bond acceptors (Lipinski definition) is 1. The second kappa shape index (κ2) is 6.39. The molecule has 0 saturated carbocycles. The zero-order valence-corrected chi connectivity index (χ0v) is 13.0. The van der Waals surface area contributed by atoms with Crippen LogP contribution < -0.4 is 5.32 Å². The first-order valence-electron chi connectivity index (χ1n) is 7.10. The molecule has 0 aliphatic carbocycles. The van der Waals surface area contributed by atoms with Crippen molar-refractivity contribution in [3.05, 3.63) is 100 Å². The van der Waals surface area contributed by atoms with Gasteiger partial charge in [0, 0.05) is 28.9 Å². The zero-order valence-electron chi connectivity index (χ0n) is 12.2. The molecule has 1 N–H and O–H groups in total. The third-order valence-electron chi connectivity index (χ3n) is 3.67. The van der Waals surface area contributed by atoms with Crippen LogP contribution in [0.25, 0.3) is 5.57 Å². The molecule has 2 aromatic carbocycles. The van der Waals surface area contributed by atoms with Gasteiger partial charge in [0.2, 0.25) is 0 Å². The van der Waals surface area contributed by atoms with Crippen molar-refractivity contribution in [1.82, 2.24) is 5.32 Å². The van der Waals surface area contributed by atoms with Crippen molar-refractivity contribution in [2.75, 3.05) is 0 Å². The highest BCUT2D eigenvalue weighted by Gasteiger charge is 2.14. The van der Waals surface area contributed by atoms with Crippen LogP contribution in [0.2, 0.25) is 5.02 Å². The topological polar surface area (TPSA) is 12.0 Å². The van der Waals surface area contributed by atoms with Gasteiger partial charge in [-0.3, -0.25) is 0 Å². The molecule has 0 unspecified atom stereocenters. The fourth-order valence-corrected chi connectivity index (χ4v) is 2.76. The maximum Gasteiger partial charge on any atom is 0.129 e. The fourth-order valence-electron chi connectivity index (χ4n) is 2.57. The maximum absolute atomic E-state index is 13.9. The number of hydrogen-bond donors (Lipinski definition) is 1. The number of halogens is 3. The summed E-state index contributed by atoms with van der Waals surface area (Å²) in [5.74, 6) is -1.12. The molecule has 1 aliphatic heterocycles. The van der Waals surface area contributed by atoms with Crippen LogP contribution in [0.1, 0.15) is 16.7 Å². The second-order valence-corrected chi connectivity index (χ2v) is 5.72. The highest BCUT2D eigenvalue weighted by Crippen LogP contribution is 2.29. The first-order chi connectivity index (χ1) is 11.0. The van der Waals surface area contributed by atoms with Crippen molar-refractivity contribution in [3.8, 4) is 0 Å². The predicted octanol–water partition coefficient (Wildman–Crippen LogP) is 5.22. The summed E-state index contributed by atoms with van der Waals surface area (Å²) in [4.78, 5) is 0. The minimum atomic E-state index is -0.560. The van der Waals surface area contributed by atoms with E-state index in [9.17, 15) is 8.78 Å². The molecule has 0 amide bonds.